The van der Waals surface area contributed by atoms with Gasteiger partial charge in [-0.1, -0.05) is 0 Å². The molecule has 8 aliphatic heterocycles. The standard InChI is InChI=1S/C17H25N3O.C13H19N3O.2C11H16N4/c1-2-5-15(4-1)21-16-10-14(11-18-12-16)20-9-7-17(13-20)6-3-8-19-17;1-17-12-7-11(8-14-9-12)16-6-4-13(10-16)3-2-5-15-13;1-3-10(14-13-7-1)15-8-5-11(9-15)4-2-6-12-11;1-2-11(14-4-1)3-7-15(9-11)10-8-12-5-6-13-10/h10-12,15,19H,1-9,13H2;7-9,15H,2-6,10H2,1H3;1,3,7,12H,2,4-6,8-9H2;5-6,8,14H,1-4,7,9H2. The minimum atomic E-state index is 0.363. The second-order valence-corrected chi connectivity index (χ2v) is 21.1. The Morgan fingerprint density at radius 1 is 0.515 bits per heavy atom. The van der Waals surface area contributed by atoms with Gasteiger partial charge in [0.1, 0.15) is 17.3 Å². The zero-order valence-electron chi connectivity index (χ0n) is 40.6. The third-order valence-electron chi connectivity index (χ3n) is 16.5. The summed E-state index contributed by atoms with van der Waals surface area (Å²) in [7, 11) is 1.69. The zero-order chi connectivity index (χ0) is 46.1. The van der Waals surface area contributed by atoms with Crippen LogP contribution in [-0.4, -0.2) is 144 Å². The number of nitrogens with one attached hydrogen (secondary N) is 4. The van der Waals surface area contributed by atoms with Gasteiger partial charge in [0.05, 0.1) is 55.6 Å². The molecule has 0 radical (unpaired) electrons. The molecule has 4 aromatic heterocycles. The third kappa shape index (κ3) is 11.2. The smallest absolute Gasteiger partial charge is 0.151 e. The SMILES string of the molecule is COc1cncc(N2CCC3(CCCN3)C2)c1.c1cnc(N2CCC3(CCCN3)C2)cn1.c1cnnc(N2CCC3(CCCN3)C2)c1.c1ncc(N2CCC3(CCCN3)C2)cc1OC1CCCC1. The lowest BCUT2D eigenvalue weighted by Crippen LogP contribution is -2.42. The summed E-state index contributed by atoms with van der Waals surface area (Å²) in [6, 6.07) is 8.25. The van der Waals surface area contributed by atoms with Crippen LogP contribution in [0.1, 0.15) is 103 Å². The van der Waals surface area contributed by atoms with E-state index in [1.807, 2.05) is 36.9 Å². The molecule has 0 amide bonds. The number of ether oxygens (including phenoxy) is 2. The molecule has 0 aromatic carbocycles. The Labute approximate surface area is 404 Å². The van der Waals surface area contributed by atoms with Crippen molar-refractivity contribution in [2.75, 3.05) is 105 Å². The summed E-state index contributed by atoms with van der Waals surface area (Å²) in [6.07, 6.45) is 35.5. The highest BCUT2D eigenvalue weighted by Gasteiger charge is 2.43. The van der Waals surface area contributed by atoms with Gasteiger partial charge >= 0.3 is 0 Å². The molecule has 68 heavy (non-hydrogen) atoms. The van der Waals surface area contributed by atoms with Gasteiger partial charge in [-0.05, 0) is 141 Å². The fourth-order valence-corrected chi connectivity index (χ4v) is 12.6. The topological polar surface area (TPSA) is 157 Å². The quantitative estimate of drug-likeness (QED) is 0.177. The lowest BCUT2D eigenvalue weighted by molar-refractivity contribution is 0.209. The maximum atomic E-state index is 6.09. The van der Waals surface area contributed by atoms with Crippen LogP contribution in [-0.2, 0) is 0 Å². The van der Waals surface area contributed by atoms with Crippen molar-refractivity contribution in [2.24, 2.45) is 0 Å². The van der Waals surface area contributed by atoms with Gasteiger partial charge in [0.2, 0.25) is 0 Å². The second-order valence-electron chi connectivity index (χ2n) is 21.1. The summed E-state index contributed by atoms with van der Waals surface area (Å²) < 4.78 is 11.3. The van der Waals surface area contributed by atoms with E-state index in [2.05, 4.69) is 83.1 Å². The average molecular weight is 929 g/mol. The number of methoxy groups -OCH3 is 1. The molecule has 9 aliphatic rings. The van der Waals surface area contributed by atoms with Gasteiger partial charge in [0.15, 0.2) is 5.82 Å². The van der Waals surface area contributed by atoms with Crippen molar-refractivity contribution >= 4 is 23.0 Å². The highest BCUT2D eigenvalue weighted by atomic mass is 16.5. The van der Waals surface area contributed by atoms with Crippen molar-refractivity contribution in [1.82, 2.24) is 51.4 Å². The highest BCUT2D eigenvalue weighted by molar-refractivity contribution is 5.51. The first kappa shape index (κ1) is 46.8. The molecule has 366 valence electrons. The van der Waals surface area contributed by atoms with Gasteiger partial charge in [-0.15, -0.1) is 5.10 Å². The summed E-state index contributed by atoms with van der Waals surface area (Å²) in [5, 5.41) is 22.8. The van der Waals surface area contributed by atoms with Crippen LogP contribution in [0, 0.1) is 0 Å². The molecule has 4 spiro atoms. The van der Waals surface area contributed by atoms with Crippen LogP contribution in [0.25, 0.3) is 0 Å². The molecule has 0 bridgehead atoms. The first-order valence-electron chi connectivity index (χ1n) is 26.0. The summed E-state index contributed by atoms with van der Waals surface area (Å²) in [6.45, 7) is 13.5. The Hall–Kier alpha value is -4.90. The highest BCUT2D eigenvalue weighted by Crippen LogP contribution is 2.37. The molecule has 1 aliphatic carbocycles. The molecule has 4 aromatic rings. The van der Waals surface area contributed by atoms with E-state index >= 15 is 0 Å². The van der Waals surface area contributed by atoms with Gasteiger partial charge in [-0.25, -0.2) is 4.98 Å². The number of aromatic nitrogens is 6. The molecule has 16 heteroatoms. The lowest BCUT2D eigenvalue weighted by atomic mass is 9.97. The van der Waals surface area contributed by atoms with Crippen LogP contribution in [0.4, 0.5) is 23.0 Å². The first-order chi connectivity index (χ1) is 33.4. The molecule has 12 heterocycles. The van der Waals surface area contributed by atoms with Crippen molar-refractivity contribution in [2.45, 2.75) is 131 Å². The van der Waals surface area contributed by atoms with Gasteiger partial charge in [0, 0.05) is 105 Å². The molecular formula is C52H76N14O2. The van der Waals surface area contributed by atoms with Crippen molar-refractivity contribution in [3.8, 4) is 11.5 Å². The second kappa shape index (κ2) is 21.4. The number of rotatable bonds is 7. The molecule has 4 unspecified atom stereocenters. The number of anilines is 4. The van der Waals surface area contributed by atoms with Crippen LogP contribution in [0.2, 0.25) is 0 Å². The minimum Gasteiger partial charge on any atom is -0.495 e. The van der Waals surface area contributed by atoms with Crippen molar-refractivity contribution in [3.63, 3.8) is 0 Å². The number of hydrogen-bond donors (Lipinski definition) is 4. The van der Waals surface area contributed by atoms with Gasteiger partial charge < -0.3 is 50.3 Å². The molecule has 16 nitrogen and oxygen atoms in total. The zero-order valence-corrected chi connectivity index (χ0v) is 40.6. The normalized spacial score (nSPS) is 29.5. The van der Waals surface area contributed by atoms with E-state index in [9.17, 15) is 0 Å². The van der Waals surface area contributed by atoms with Crippen LogP contribution in [0.3, 0.4) is 0 Å². The fraction of sp³-hybridized carbons (Fsp3) is 0.654. The van der Waals surface area contributed by atoms with Crippen LogP contribution >= 0.6 is 0 Å². The van der Waals surface area contributed by atoms with Crippen LogP contribution < -0.4 is 50.3 Å². The predicted octanol–water partition coefficient (Wildman–Crippen LogP) is 5.78. The summed E-state index contributed by atoms with van der Waals surface area (Å²) >= 11 is 0. The number of pyridine rings is 2. The molecule has 1 saturated carbocycles. The Kier molecular flexibility index (Phi) is 14.7. The molecule has 4 atom stereocenters. The van der Waals surface area contributed by atoms with E-state index in [0.29, 0.717) is 28.3 Å². The van der Waals surface area contributed by atoms with E-state index in [0.717, 1.165) is 75.5 Å². The first-order valence-corrected chi connectivity index (χ1v) is 26.0. The predicted molar refractivity (Wildman–Crippen MR) is 269 cm³/mol. The maximum Gasteiger partial charge on any atom is 0.151 e. The number of hydrogen-bond acceptors (Lipinski definition) is 16. The third-order valence-corrected chi connectivity index (χ3v) is 16.5. The van der Waals surface area contributed by atoms with Crippen molar-refractivity contribution < 1.29 is 9.47 Å². The maximum absolute atomic E-state index is 6.09. The molecular weight excluding hydrogens is 853 g/mol. The van der Waals surface area contributed by atoms with Gasteiger partial charge in [-0.2, -0.15) is 5.10 Å². The summed E-state index contributed by atoms with van der Waals surface area (Å²) in [5.74, 6) is 3.81. The Morgan fingerprint density at radius 3 is 1.49 bits per heavy atom. The van der Waals surface area contributed by atoms with Crippen molar-refractivity contribution in [3.05, 3.63) is 73.8 Å². The van der Waals surface area contributed by atoms with E-state index in [1.54, 1.807) is 31.9 Å². The Bertz CT molecular complexity index is 2100. The summed E-state index contributed by atoms with van der Waals surface area (Å²) in [5.41, 5.74) is 3.87. The van der Waals surface area contributed by atoms with Gasteiger partial charge in [0.25, 0.3) is 0 Å². The molecule has 4 N–H and O–H groups in total. The Morgan fingerprint density at radius 2 is 1.01 bits per heavy atom. The minimum absolute atomic E-state index is 0.363. The summed E-state index contributed by atoms with van der Waals surface area (Å²) in [4.78, 5) is 26.7. The largest absolute Gasteiger partial charge is 0.495 e. The lowest BCUT2D eigenvalue weighted by Gasteiger charge is -2.25. The van der Waals surface area contributed by atoms with E-state index < -0.39 is 0 Å². The van der Waals surface area contributed by atoms with Crippen LogP contribution in [0.15, 0.2) is 73.8 Å². The van der Waals surface area contributed by atoms with Gasteiger partial charge in [-0.3, -0.25) is 15.0 Å². The van der Waals surface area contributed by atoms with E-state index in [1.165, 1.54) is 140 Å². The van der Waals surface area contributed by atoms with E-state index in [-0.39, 0.29) is 0 Å². The number of nitrogens with zero attached hydrogens (tertiary/aromatic N) is 10. The monoisotopic (exact) mass is 929 g/mol. The molecule has 8 saturated heterocycles. The Balaban J connectivity index is 0.000000107. The molecule has 13 rings (SSSR count). The average Bonchev–Trinajstić information content (AvgIpc) is 4.24. The molecule has 9 fully saturated rings. The van der Waals surface area contributed by atoms with E-state index in [4.69, 9.17) is 9.47 Å². The van der Waals surface area contributed by atoms with Crippen LogP contribution in [0.5, 0.6) is 11.5 Å². The fourth-order valence-electron chi connectivity index (χ4n) is 12.6. The van der Waals surface area contributed by atoms with Crippen molar-refractivity contribution in [1.29, 1.82) is 0 Å².